The first-order valence-electron chi connectivity index (χ1n) is 5.99. The lowest BCUT2D eigenvalue weighted by atomic mass is 10.1. The maximum absolute atomic E-state index is 9.26. The summed E-state index contributed by atoms with van der Waals surface area (Å²) in [5.74, 6) is 2.10. The largest absolute Gasteiger partial charge is 0.508 e. The van der Waals surface area contributed by atoms with E-state index in [0.717, 1.165) is 23.6 Å². The topological polar surface area (TPSA) is 50.9 Å². The molecule has 1 atom stereocenters. The van der Waals surface area contributed by atoms with Crippen LogP contribution >= 0.6 is 0 Å². The van der Waals surface area contributed by atoms with E-state index in [1.54, 1.807) is 12.1 Å². The quantitative estimate of drug-likeness (QED) is 0.817. The first kappa shape index (κ1) is 10.3. The van der Waals surface area contributed by atoms with E-state index < -0.39 is 0 Å². The molecule has 0 amide bonds. The molecule has 0 saturated heterocycles. The van der Waals surface area contributed by atoms with E-state index in [9.17, 15) is 5.11 Å². The number of hydrogen-bond acceptors (Lipinski definition) is 3. The Bertz CT molecular complexity index is 530. The molecule has 1 aromatic carbocycles. The van der Waals surface area contributed by atoms with Crippen LogP contribution in [-0.4, -0.2) is 19.9 Å². The Kier molecular flexibility index (Phi) is 2.35. The van der Waals surface area contributed by atoms with Crippen LogP contribution in [0.15, 0.2) is 24.3 Å². The second kappa shape index (κ2) is 3.87. The van der Waals surface area contributed by atoms with Crippen LogP contribution in [-0.2, 0) is 6.42 Å². The number of benzene rings is 1. The fraction of sp³-hybridized carbons (Fsp3) is 0.385. The molecular weight excluding hydrogens is 214 g/mol. The van der Waals surface area contributed by atoms with Crippen LogP contribution in [0.4, 0.5) is 0 Å². The molecule has 2 heterocycles. The fourth-order valence-corrected chi connectivity index (χ4v) is 2.29. The predicted octanol–water partition coefficient (Wildman–Crippen LogP) is 2.55. The van der Waals surface area contributed by atoms with Crippen LogP contribution in [0.25, 0.3) is 11.4 Å². The third-order valence-electron chi connectivity index (χ3n) is 3.27. The molecule has 1 N–H and O–H groups in total. The monoisotopic (exact) mass is 229 g/mol. The number of phenolic OH excluding ortho intramolecular Hbond substituents is 1. The van der Waals surface area contributed by atoms with E-state index in [-0.39, 0.29) is 5.75 Å². The van der Waals surface area contributed by atoms with Gasteiger partial charge in [-0.3, -0.25) is 0 Å². The van der Waals surface area contributed by atoms with Gasteiger partial charge in [-0.05, 0) is 44.0 Å². The van der Waals surface area contributed by atoms with Gasteiger partial charge in [0.1, 0.15) is 11.6 Å². The van der Waals surface area contributed by atoms with Crippen molar-refractivity contribution in [3.8, 4) is 17.1 Å². The Morgan fingerprint density at radius 2 is 2.06 bits per heavy atom. The Morgan fingerprint density at radius 1 is 1.29 bits per heavy atom. The minimum Gasteiger partial charge on any atom is -0.508 e. The fourth-order valence-electron chi connectivity index (χ4n) is 2.29. The van der Waals surface area contributed by atoms with E-state index in [2.05, 4.69) is 17.0 Å². The van der Waals surface area contributed by atoms with Crippen molar-refractivity contribution in [1.82, 2.24) is 14.8 Å². The molecule has 0 bridgehead atoms. The van der Waals surface area contributed by atoms with Crippen LogP contribution in [0.1, 0.15) is 31.6 Å². The molecule has 2 aromatic rings. The van der Waals surface area contributed by atoms with Crippen LogP contribution in [0.3, 0.4) is 0 Å². The molecule has 0 spiro atoms. The van der Waals surface area contributed by atoms with E-state index in [4.69, 9.17) is 0 Å². The summed E-state index contributed by atoms with van der Waals surface area (Å²) in [7, 11) is 0. The lowest BCUT2D eigenvalue weighted by molar-refractivity contribution is 0.389. The predicted molar refractivity (Wildman–Crippen MR) is 64.8 cm³/mol. The number of phenols is 1. The number of aromatic nitrogens is 3. The van der Waals surface area contributed by atoms with E-state index >= 15 is 0 Å². The Hall–Kier alpha value is -1.84. The van der Waals surface area contributed by atoms with Gasteiger partial charge in [-0.2, -0.15) is 5.10 Å². The second-order valence-corrected chi connectivity index (χ2v) is 4.58. The molecule has 0 fully saturated rings. The third kappa shape index (κ3) is 1.79. The van der Waals surface area contributed by atoms with Crippen LogP contribution in [0.5, 0.6) is 5.75 Å². The molecule has 0 aliphatic carbocycles. The van der Waals surface area contributed by atoms with Gasteiger partial charge in [-0.25, -0.2) is 9.67 Å². The molecule has 1 aromatic heterocycles. The average Bonchev–Trinajstić information content (AvgIpc) is 2.75. The summed E-state index contributed by atoms with van der Waals surface area (Å²) in [5, 5.41) is 13.8. The third-order valence-corrected chi connectivity index (χ3v) is 3.27. The van der Waals surface area contributed by atoms with Crippen LogP contribution < -0.4 is 0 Å². The minimum absolute atomic E-state index is 0.270. The maximum atomic E-state index is 9.26. The normalized spacial score (nSPS) is 19.0. The molecule has 0 saturated carbocycles. The zero-order valence-electron chi connectivity index (χ0n) is 9.80. The lowest BCUT2D eigenvalue weighted by Gasteiger charge is -2.18. The molecule has 4 nitrogen and oxygen atoms in total. The summed E-state index contributed by atoms with van der Waals surface area (Å²) in [5.41, 5.74) is 0.955. The Balaban J connectivity index is 2.02. The van der Waals surface area contributed by atoms with Crippen molar-refractivity contribution in [3.05, 3.63) is 30.1 Å². The molecular formula is C13H15N3O. The summed E-state index contributed by atoms with van der Waals surface area (Å²) in [6, 6.07) is 7.47. The lowest BCUT2D eigenvalue weighted by Crippen LogP contribution is -2.16. The summed E-state index contributed by atoms with van der Waals surface area (Å²) in [4.78, 5) is 4.57. The van der Waals surface area contributed by atoms with Crippen molar-refractivity contribution in [1.29, 1.82) is 0 Å². The van der Waals surface area contributed by atoms with Crippen LogP contribution in [0.2, 0.25) is 0 Å². The van der Waals surface area contributed by atoms with Gasteiger partial charge in [0.2, 0.25) is 0 Å². The number of rotatable bonds is 1. The Morgan fingerprint density at radius 3 is 2.76 bits per heavy atom. The van der Waals surface area contributed by atoms with Crippen molar-refractivity contribution in [3.63, 3.8) is 0 Å². The van der Waals surface area contributed by atoms with Crippen molar-refractivity contribution in [2.24, 2.45) is 0 Å². The molecule has 88 valence electrons. The zero-order valence-corrected chi connectivity index (χ0v) is 9.80. The summed E-state index contributed by atoms with van der Waals surface area (Å²) in [6.07, 6.45) is 3.37. The SMILES string of the molecule is CC1CCCc2nc(-c3ccc(O)cc3)nn21. The zero-order chi connectivity index (χ0) is 11.8. The molecule has 1 unspecified atom stereocenters. The molecule has 4 heteroatoms. The van der Waals surface area contributed by atoms with Crippen molar-refractivity contribution < 1.29 is 5.11 Å². The highest BCUT2D eigenvalue weighted by atomic mass is 16.3. The van der Waals surface area contributed by atoms with E-state index in [1.165, 1.54) is 12.8 Å². The highest BCUT2D eigenvalue weighted by Gasteiger charge is 2.19. The molecule has 1 aliphatic heterocycles. The van der Waals surface area contributed by atoms with E-state index in [0.29, 0.717) is 6.04 Å². The molecule has 17 heavy (non-hydrogen) atoms. The van der Waals surface area contributed by atoms with Gasteiger partial charge in [0.15, 0.2) is 5.82 Å². The van der Waals surface area contributed by atoms with Crippen molar-refractivity contribution in [2.75, 3.05) is 0 Å². The van der Waals surface area contributed by atoms with Gasteiger partial charge in [0, 0.05) is 12.0 Å². The van der Waals surface area contributed by atoms with Gasteiger partial charge >= 0.3 is 0 Å². The Labute approximate surface area is 99.9 Å². The summed E-state index contributed by atoms with van der Waals surface area (Å²) in [6.45, 7) is 2.18. The summed E-state index contributed by atoms with van der Waals surface area (Å²) >= 11 is 0. The highest BCUT2D eigenvalue weighted by molar-refractivity contribution is 5.55. The van der Waals surface area contributed by atoms with Gasteiger partial charge in [0.05, 0.1) is 6.04 Å². The number of nitrogens with zero attached hydrogens (tertiary/aromatic N) is 3. The van der Waals surface area contributed by atoms with Crippen LogP contribution in [0, 0.1) is 0 Å². The standard InChI is InChI=1S/C13H15N3O/c1-9-3-2-4-12-14-13(15-16(9)12)10-5-7-11(17)8-6-10/h5-9,17H,2-4H2,1H3. The van der Waals surface area contributed by atoms with Gasteiger partial charge in [-0.15, -0.1) is 0 Å². The number of hydrogen-bond donors (Lipinski definition) is 1. The molecule has 1 aliphatic rings. The minimum atomic E-state index is 0.270. The number of aromatic hydroxyl groups is 1. The summed E-state index contributed by atoms with van der Waals surface area (Å²) < 4.78 is 2.03. The van der Waals surface area contributed by atoms with Gasteiger partial charge in [-0.1, -0.05) is 0 Å². The smallest absolute Gasteiger partial charge is 0.181 e. The van der Waals surface area contributed by atoms with Gasteiger partial charge in [0.25, 0.3) is 0 Å². The maximum Gasteiger partial charge on any atom is 0.181 e. The first-order valence-corrected chi connectivity index (χ1v) is 5.99. The highest BCUT2D eigenvalue weighted by Crippen LogP contribution is 2.26. The number of aryl methyl sites for hydroxylation is 1. The van der Waals surface area contributed by atoms with Crippen molar-refractivity contribution >= 4 is 0 Å². The molecule has 3 rings (SSSR count). The first-order chi connectivity index (χ1) is 8.24. The second-order valence-electron chi connectivity index (χ2n) is 4.58. The van der Waals surface area contributed by atoms with Crippen molar-refractivity contribution in [2.45, 2.75) is 32.2 Å². The average molecular weight is 229 g/mol. The molecule has 0 radical (unpaired) electrons. The van der Waals surface area contributed by atoms with E-state index in [1.807, 2.05) is 16.8 Å². The number of fused-ring (bicyclic) bond motifs is 1. The van der Waals surface area contributed by atoms with Gasteiger partial charge < -0.3 is 5.11 Å².